The van der Waals surface area contributed by atoms with E-state index in [-0.39, 0.29) is 11.4 Å². The molecule has 0 bridgehead atoms. The van der Waals surface area contributed by atoms with Crippen molar-refractivity contribution in [3.05, 3.63) is 83.9 Å². The van der Waals surface area contributed by atoms with Crippen LogP contribution in [0.5, 0.6) is 5.75 Å². The molecule has 44 heavy (non-hydrogen) atoms. The van der Waals surface area contributed by atoms with E-state index in [0.717, 1.165) is 24.3 Å². The summed E-state index contributed by atoms with van der Waals surface area (Å²) in [7, 11) is -9.70. The van der Waals surface area contributed by atoms with Crippen molar-refractivity contribution in [3.8, 4) is 5.75 Å². The van der Waals surface area contributed by atoms with Gasteiger partial charge in [0.2, 0.25) is 11.8 Å². The smallest absolute Gasteiger partial charge is 0.337 e. The van der Waals surface area contributed by atoms with E-state index in [1.54, 1.807) is 18.2 Å². The summed E-state index contributed by atoms with van der Waals surface area (Å²) in [5, 5.41) is 34.0. The molecule has 0 saturated heterocycles. The monoisotopic (exact) mass is 650 g/mol. The summed E-state index contributed by atoms with van der Waals surface area (Å²) in [6.07, 6.45) is -3.08. The highest BCUT2D eigenvalue weighted by Gasteiger charge is 2.20. The molecule has 0 saturated carbocycles. The second-order valence-electron chi connectivity index (χ2n) is 8.24. The van der Waals surface area contributed by atoms with Crippen LogP contribution in [0.15, 0.2) is 85.8 Å². The summed E-state index contributed by atoms with van der Waals surface area (Å²) < 4.78 is 92.7. The fraction of sp³-hybridized carbons (Fsp3) is 0. The number of rotatable bonds is 9. The van der Waals surface area contributed by atoms with Crippen LogP contribution in [0.4, 0.5) is 31.8 Å². The minimum atomic E-state index is -4.95. The molecule has 4 aromatic rings. The van der Waals surface area contributed by atoms with E-state index in [0.29, 0.717) is 6.07 Å². The number of carbonyl (C=O) groups is 1. The Bertz CT molecular complexity index is 2030. The largest absolute Gasteiger partial charge is 0.504 e. The first-order valence-corrected chi connectivity index (χ1v) is 14.3. The highest BCUT2D eigenvalue weighted by molar-refractivity contribution is 7.86. The Hall–Kier alpha value is -5.51. The van der Waals surface area contributed by atoms with Crippen LogP contribution in [0.3, 0.4) is 0 Å². The molecule has 0 radical (unpaired) electrons. The average molecular weight is 651 g/mol. The third-order valence-corrected chi connectivity index (χ3v) is 6.95. The summed E-state index contributed by atoms with van der Waals surface area (Å²) in [5.41, 5.74) is 0.412. The zero-order valence-electron chi connectivity index (χ0n) is 21.4. The van der Waals surface area contributed by atoms with Crippen LogP contribution < -0.4 is 10.7 Å². The lowest BCUT2D eigenvalue weighted by Crippen LogP contribution is -2.07. The van der Waals surface area contributed by atoms with E-state index in [2.05, 4.69) is 41.0 Å². The number of amidine groups is 1. The van der Waals surface area contributed by atoms with Crippen LogP contribution in [0.25, 0.3) is 0 Å². The molecule has 228 valence electrons. The molecule has 0 fully saturated rings. The number of aromatic carboxylic acids is 1. The quantitative estimate of drug-likeness (QED) is 0.0379. The van der Waals surface area contributed by atoms with Gasteiger partial charge in [0.05, 0.1) is 21.0 Å². The molecule has 1 heterocycles. The predicted octanol–water partition coefficient (Wildman–Crippen LogP) is 3.35. The number of hydrogen-bond donors (Lipinski definition) is 6. The second-order valence-corrected chi connectivity index (χ2v) is 11.1. The number of aromatic hydroxyl groups is 1. The molecule has 0 aliphatic carbocycles. The molecule has 0 aliphatic rings. The SMILES string of the molecule is O=C(O)c1ccc(S(=O)(=O)O)cc1N=NC(=NNc1cc(S(=O)(=O)O)cc(Nc2nc(F)nc(F)n2)c1O)c1ccccc1. The van der Waals surface area contributed by atoms with Crippen molar-refractivity contribution in [2.24, 2.45) is 15.3 Å². The molecular weight excluding hydrogens is 634 g/mol. The van der Waals surface area contributed by atoms with Crippen molar-refractivity contribution < 1.29 is 49.7 Å². The van der Waals surface area contributed by atoms with Crippen LogP contribution in [0.1, 0.15) is 15.9 Å². The van der Waals surface area contributed by atoms with Crippen LogP contribution >= 0.6 is 0 Å². The topological polar surface area (TPSA) is 266 Å². The number of hydrazone groups is 1. The molecule has 3 aromatic carbocycles. The van der Waals surface area contributed by atoms with E-state index in [9.17, 15) is 49.7 Å². The fourth-order valence-electron chi connectivity index (χ4n) is 3.32. The van der Waals surface area contributed by atoms with Crippen LogP contribution in [0.2, 0.25) is 0 Å². The van der Waals surface area contributed by atoms with E-state index in [1.807, 2.05) is 0 Å². The lowest BCUT2D eigenvalue weighted by Gasteiger charge is -2.13. The molecular formula is C23H16F2N8O9S2. The number of anilines is 3. The number of nitrogens with zero attached hydrogens (tertiary/aromatic N) is 6. The van der Waals surface area contributed by atoms with Crippen molar-refractivity contribution in [1.82, 2.24) is 15.0 Å². The van der Waals surface area contributed by atoms with Gasteiger partial charge in [-0.05, 0) is 30.3 Å². The molecule has 6 N–H and O–H groups in total. The lowest BCUT2D eigenvalue weighted by molar-refractivity contribution is 0.0697. The number of aromatic nitrogens is 3. The number of phenols is 1. The minimum Gasteiger partial charge on any atom is -0.504 e. The van der Waals surface area contributed by atoms with Gasteiger partial charge in [-0.25, -0.2) is 4.79 Å². The number of halogens is 2. The molecule has 21 heteroatoms. The van der Waals surface area contributed by atoms with E-state index in [4.69, 9.17) is 0 Å². The normalized spacial score (nSPS) is 12.3. The molecule has 0 atom stereocenters. The van der Waals surface area contributed by atoms with Crippen molar-refractivity contribution in [2.45, 2.75) is 9.79 Å². The van der Waals surface area contributed by atoms with Crippen LogP contribution in [-0.2, 0) is 20.2 Å². The first-order valence-electron chi connectivity index (χ1n) is 11.5. The fourth-order valence-corrected chi connectivity index (χ4v) is 4.36. The second kappa shape index (κ2) is 12.4. The zero-order valence-corrected chi connectivity index (χ0v) is 23.0. The summed E-state index contributed by atoms with van der Waals surface area (Å²) in [6.45, 7) is 0. The maximum Gasteiger partial charge on any atom is 0.337 e. The minimum absolute atomic E-state index is 0.214. The Morgan fingerprint density at radius 3 is 2.02 bits per heavy atom. The maximum absolute atomic E-state index is 13.4. The zero-order chi connectivity index (χ0) is 32.2. The van der Waals surface area contributed by atoms with E-state index in [1.165, 1.54) is 12.1 Å². The molecule has 0 aliphatic heterocycles. The van der Waals surface area contributed by atoms with Gasteiger partial charge >= 0.3 is 18.1 Å². The van der Waals surface area contributed by atoms with Gasteiger partial charge in [-0.3, -0.25) is 14.5 Å². The van der Waals surface area contributed by atoms with Gasteiger partial charge in [-0.1, -0.05) is 30.3 Å². The lowest BCUT2D eigenvalue weighted by atomic mass is 10.2. The number of nitrogens with one attached hydrogen (secondary N) is 2. The Balaban J connectivity index is 1.81. The van der Waals surface area contributed by atoms with Gasteiger partial charge in [-0.2, -0.15) is 45.7 Å². The highest BCUT2D eigenvalue weighted by atomic mass is 32.2. The van der Waals surface area contributed by atoms with Crippen molar-refractivity contribution >= 4 is 55.1 Å². The number of carboxylic acid groups (broad SMARTS) is 1. The van der Waals surface area contributed by atoms with Gasteiger partial charge in [0.25, 0.3) is 20.2 Å². The molecule has 0 unspecified atom stereocenters. The first-order chi connectivity index (χ1) is 20.6. The van der Waals surface area contributed by atoms with Gasteiger partial charge in [-0.15, -0.1) is 10.2 Å². The predicted molar refractivity (Wildman–Crippen MR) is 145 cm³/mol. The molecule has 17 nitrogen and oxygen atoms in total. The first kappa shape index (κ1) is 31.4. The van der Waals surface area contributed by atoms with Gasteiger partial charge in [0.15, 0.2) is 5.75 Å². The molecule has 0 spiro atoms. The van der Waals surface area contributed by atoms with Gasteiger partial charge in [0.1, 0.15) is 11.4 Å². The molecule has 1 aromatic heterocycles. The summed E-state index contributed by atoms with van der Waals surface area (Å²) in [6, 6.07) is 11.5. The van der Waals surface area contributed by atoms with Crippen LogP contribution in [-0.4, -0.2) is 62.9 Å². The maximum atomic E-state index is 13.4. The number of hydrogen-bond acceptors (Lipinski definition) is 13. The summed E-state index contributed by atoms with van der Waals surface area (Å²) in [4.78, 5) is 19.2. The van der Waals surface area contributed by atoms with Crippen LogP contribution in [0, 0.1) is 12.2 Å². The Labute approximate surface area is 245 Å². The Morgan fingerprint density at radius 1 is 0.818 bits per heavy atom. The molecule has 4 rings (SSSR count). The average Bonchev–Trinajstić information content (AvgIpc) is 2.93. The molecule has 0 amide bonds. The van der Waals surface area contributed by atoms with Crippen molar-refractivity contribution in [1.29, 1.82) is 0 Å². The van der Waals surface area contributed by atoms with E-state index >= 15 is 0 Å². The third-order valence-electron chi connectivity index (χ3n) is 5.27. The number of carboxylic acids is 1. The van der Waals surface area contributed by atoms with Gasteiger partial charge in [0, 0.05) is 5.56 Å². The Kier molecular flexibility index (Phi) is 8.84. The number of azo groups is 1. The van der Waals surface area contributed by atoms with Crippen molar-refractivity contribution in [2.75, 3.05) is 10.7 Å². The number of benzene rings is 3. The summed E-state index contributed by atoms with van der Waals surface area (Å²) >= 11 is 0. The Morgan fingerprint density at radius 2 is 1.43 bits per heavy atom. The third kappa shape index (κ3) is 7.65. The number of phenolic OH excluding ortho intramolecular Hbond substituents is 1. The van der Waals surface area contributed by atoms with Crippen molar-refractivity contribution in [3.63, 3.8) is 0 Å². The van der Waals surface area contributed by atoms with E-state index < -0.39 is 82.5 Å². The standard InChI is InChI=1S/C23H16F2N8O9S2/c24-21-27-22(25)29-23(28-21)26-16-9-13(44(40,41)42)10-17(18(16)34)31-33-19(11-4-2-1-3-5-11)32-30-15-8-12(43(37,38)39)6-7-14(15)20(35)36/h1-10,31,34H,(H,35,36)(H,37,38,39)(H,40,41,42)(H,26,27,28,29). The van der Waals surface area contributed by atoms with Gasteiger partial charge < -0.3 is 15.5 Å². The summed E-state index contributed by atoms with van der Waals surface area (Å²) in [5.74, 6) is -3.46. The highest BCUT2D eigenvalue weighted by Crippen LogP contribution is 2.37.